The van der Waals surface area contributed by atoms with Gasteiger partial charge in [-0.3, -0.25) is 0 Å². The number of rotatable bonds is 4. The molecule has 0 spiro atoms. The fourth-order valence-corrected chi connectivity index (χ4v) is 3.79. The van der Waals surface area contributed by atoms with Gasteiger partial charge in [0.15, 0.2) is 11.6 Å². The van der Waals surface area contributed by atoms with Gasteiger partial charge in [-0.2, -0.15) is 0 Å². The van der Waals surface area contributed by atoms with Gasteiger partial charge >= 0.3 is 0 Å². The maximum atomic E-state index is 10.7. The van der Waals surface area contributed by atoms with Crippen molar-refractivity contribution in [2.24, 2.45) is 0 Å². The van der Waals surface area contributed by atoms with Gasteiger partial charge in [-0.05, 0) is 39.1 Å². The van der Waals surface area contributed by atoms with E-state index in [1.54, 1.807) is 27.7 Å². The van der Waals surface area contributed by atoms with E-state index in [4.69, 9.17) is 18.9 Å². The summed E-state index contributed by atoms with van der Waals surface area (Å²) >= 11 is 1.44. The molecule has 2 aliphatic rings. The van der Waals surface area contributed by atoms with Crippen molar-refractivity contribution in [3.63, 3.8) is 0 Å². The first-order valence-electron chi connectivity index (χ1n) is 7.75. The summed E-state index contributed by atoms with van der Waals surface area (Å²) in [5.41, 5.74) is 0. The second-order valence-corrected chi connectivity index (χ2v) is 7.86. The van der Waals surface area contributed by atoms with E-state index in [0.717, 1.165) is 4.88 Å². The predicted molar refractivity (Wildman–Crippen MR) is 84.0 cm³/mol. The molecule has 3 heterocycles. The first kappa shape index (κ1) is 17.3. The highest BCUT2D eigenvalue weighted by molar-refractivity contribution is 7.10. The van der Waals surface area contributed by atoms with Crippen molar-refractivity contribution in [2.75, 3.05) is 6.61 Å². The molecule has 2 saturated heterocycles. The van der Waals surface area contributed by atoms with Crippen LogP contribution >= 0.6 is 11.3 Å². The Bertz CT molecular complexity index is 529. The lowest BCUT2D eigenvalue weighted by Gasteiger charge is -2.28. The van der Waals surface area contributed by atoms with E-state index in [1.165, 1.54) is 11.3 Å². The second kappa shape index (κ2) is 6.07. The Morgan fingerprint density at radius 2 is 1.78 bits per heavy atom. The molecule has 130 valence electrons. The lowest BCUT2D eigenvalue weighted by atomic mass is 9.98. The molecule has 5 atom stereocenters. The molecule has 3 rings (SSSR count). The zero-order valence-corrected chi connectivity index (χ0v) is 14.6. The van der Waals surface area contributed by atoms with E-state index in [1.807, 2.05) is 17.5 Å². The van der Waals surface area contributed by atoms with Crippen LogP contribution in [-0.2, 0) is 18.9 Å². The molecule has 0 aromatic carbocycles. The molecule has 2 aliphatic heterocycles. The van der Waals surface area contributed by atoms with Gasteiger partial charge in [-0.15, -0.1) is 11.3 Å². The highest BCUT2D eigenvalue weighted by Crippen LogP contribution is 2.39. The van der Waals surface area contributed by atoms with Gasteiger partial charge in [0, 0.05) is 4.88 Å². The highest BCUT2D eigenvalue weighted by Gasteiger charge is 2.52. The first-order chi connectivity index (χ1) is 10.7. The van der Waals surface area contributed by atoms with Crippen molar-refractivity contribution in [2.45, 2.75) is 69.8 Å². The Hall–Kier alpha value is -0.540. The zero-order chi connectivity index (χ0) is 16.8. The van der Waals surface area contributed by atoms with Crippen LogP contribution in [-0.4, -0.2) is 52.8 Å². The maximum absolute atomic E-state index is 10.7. The van der Waals surface area contributed by atoms with Crippen LogP contribution < -0.4 is 0 Å². The molecule has 7 heteroatoms. The quantitative estimate of drug-likeness (QED) is 0.867. The Morgan fingerprint density at radius 1 is 1.09 bits per heavy atom. The van der Waals surface area contributed by atoms with Crippen molar-refractivity contribution in [3.8, 4) is 0 Å². The summed E-state index contributed by atoms with van der Waals surface area (Å²) in [6.07, 6.45) is -3.73. The van der Waals surface area contributed by atoms with Crippen LogP contribution in [0, 0.1) is 0 Å². The van der Waals surface area contributed by atoms with Crippen LogP contribution in [0.1, 0.15) is 38.7 Å². The van der Waals surface area contributed by atoms with Crippen molar-refractivity contribution in [1.82, 2.24) is 0 Å². The van der Waals surface area contributed by atoms with Crippen LogP contribution in [0.4, 0.5) is 0 Å². The highest BCUT2D eigenvalue weighted by atomic mass is 32.1. The summed E-state index contributed by atoms with van der Waals surface area (Å²) in [4.78, 5) is 0.775. The molecular weight excluding hydrogens is 320 g/mol. The normalized spacial score (nSPS) is 35.3. The van der Waals surface area contributed by atoms with Gasteiger partial charge in [-0.1, -0.05) is 6.07 Å². The van der Waals surface area contributed by atoms with Crippen LogP contribution in [0.15, 0.2) is 17.5 Å². The van der Waals surface area contributed by atoms with Crippen LogP contribution in [0.2, 0.25) is 0 Å². The van der Waals surface area contributed by atoms with Gasteiger partial charge in [-0.25, -0.2) is 0 Å². The molecule has 1 aromatic rings. The van der Waals surface area contributed by atoms with Gasteiger partial charge in [0.1, 0.15) is 30.5 Å². The molecule has 0 amide bonds. The molecule has 1 unspecified atom stereocenters. The summed E-state index contributed by atoms with van der Waals surface area (Å²) in [7, 11) is 0. The summed E-state index contributed by atoms with van der Waals surface area (Å²) < 4.78 is 23.0. The van der Waals surface area contributed by atoms with Crippen molar-refractivity contribution in [1.29, 1.82) is 0 Å². The molecule has 1 aromatic heterocycles. The minimum Gasteiger partial charge on any atom is -0.387 e. The topological polar surface area (TPSA) is 77.4 Å². The Labute approximate surface area is 139 Å². The fourth-order valence-electron chi connectivity index (χ4n) is 3.04. The summed E-state index contributed by atoms with van der Waals surface area (Å²) in [6, 6.07) is 3.71. The largest absolute Gasteiger partial charge is 0.387 e. The molecule has 2 fully saturated rings. The monoisotopic (exact) mass is 344 g/mol. The number of aliphatic hydroxyl groups excluding tert-OH is 2. The number of hydrogen-bond donors (Lipinski definition) is 2. The SMILES string of the molecule is CC1(C)O[C@@H]([C@H](O)[C@H]2COC(C)(C)O2)[C@@H](C(O)c2cccs2)O1. The third kappa shape index (κ3) is 3.61. The molecule has 6 nitrogen and oxygen atoms in total. The lowest BCUT2D eigenvalue weighted by molar-refractivity contribution is -0.179. The van der Waals surface area contributed by atoms with Crippen LogP contribution in [0.5, 0.6) is 0 Å². The van der Waals surface area contributed by atoms with Crippen LogP contribution in [0.3, 0.4) is 0 Å². The van der Waals surface area contributed by atoms with E-state index in [9.17, 15) is 10.2 Å². The summed E-state index contributed by atoms with van der Waals surface area (Å²) in [5.74, 6) is -1.62. The standard InChI is InChI=1S/C16H24O6S/c1-15(2)19-8-9(20-15)11(17)13-14(22-16(3,4)21-13)12(18)10-6-5-7-23-10/h5-7,9,11-14,17-18H,8H2,1-4H3/t9-,11-,12?,13+,14-/m1/s1. The van der Waals surface area contributed by atoms with Crippen molar-refractivity contribution >= 4 is 11.3 Å². The minimum absolute atomic E-state index is 0.274. The average molecular weight is 344 g/mol. The number of aliphatic hydroxyl groups is 2. The Balaban J connectivity index is 1.78. The summed E-state index contributed by atoms with van der Waals surface area (Å²) in [5, 5.41) is 23.2. The Kier molecular flexibility index (Phi) is 4.57. The number of thiophene rings is 1. The van der Waals surface area contributed by atoms with E-state index in [-0.39, 0.29) is 6.61 Å². The van der Waals surface area contributed by atoms with Crippen LogP contribution in [0.25, 0.3) is 0 Å². The molecule has 0 radical (unpaired) electrons. The minimum atomic E-state index is -0.960. The number of hydrogen-bond acceptors (Lipinski definition) is 7. The fraction of sp³-hybridized carbons (Fsp3) is 0.750. The third-order valence-electron chi connectivity index (χ3n) is 4.06. The first-order valence-corrected chi connectivity index (χ1v) is 8.63. The molecule has 2 N–H and O–H groups in total. The predicted octanol–water partition coefficient (Wildman–Crippen LogP) is 1.81. The zero-order valence-electron chi connectivity index (χ0n) is 13.8. The molecular formula is C16H24O6S. The molecule has 0 bridgehead atoms. The van der Waals surface area contributed by atoms with E-state index < -0.39 is 42.1 Å². The molecule has 0 saturated carbocycles. The van der Waals surface area contributed by atoms with Crippen molar-refractivity contribution < 1.29 is 29.2 Å². The van der Waals surface area contributed by atoms with Gasteiger partial charge in [0.05, 0.1) is 6.61 Å². The molecule has 23 heavy (non-hydrogen) atoms. The summed E-state index contributed by atoms with van der Waals surface area (Å²) in [6.45, 7) is 7.41. The second-order valence-electron chi connectivity index (χ2n) is 6.88. The Morgan fingerprint density at radius 3 is 2.35 bits per heavy atom. The van der Waals surface area contributed by atoms with Crippen molar-refractivity contribution in [3.05, 3.63) is 22.4 Å². The maximum Gasteiger partial charge on any atom is 0.164 e. The van der Waals surface area contributed by atoms with E-state index in [2.05, 4.69) is 0 Å². The van der Waals surface area contributed by atoms with E-state index in [0.29, 0.717) is 0 Å². The van der Waals surface area contributed by atoms with Gasteiger partial charge in [0.2, 0.25) is 0 Å². The van der Waals surface area contributed by atoms with E-state index >= 15 is 0 Å². The third-order valence-corrected chi connectivity index (χ3v) is 5.00. The van der Waals surface area contributed by atoms with Gasteiger partial charge < -0.3 is 29.2 Å². The molecule has 0 aliphatic carbocycles. The average Bonchev–Trinajstić information content (AvgIpc) is 3.15. The van der Waals surface area contributed by atoms with Gasteiger partial charge in [0.25, 0.3) is 0 Å². The number of ether oxygens (including phenoxy) is 4. The smallest absolute Gasteiger partial charge is 0.164 e. The lowest BCUT2D eigenvalue weighted by Crippen LogP contribution is -2.46.